The van der Waals surface area contributed by atoms with E-state index in [-0.39, 0.29) is 6.61 Å². The normalized spacial score (nSPS) is 11.4. The Morgan fingerprint density at radius 1 is 1.00 bits per heavy atom. The minimum absolute atomic E-state index is 0.227. The molecule has 182 valence electrons. The van der Waals surface area contributed by atoms with E-state index in [1.165, 1.54) is 0 Å². The quantitative estimate of drug-likeness (QED) is 0.125. The van der Waals surface area contributed by atoms with E-state index < -0.39 is 6.29 Å². The summed E-state index contributed by atoms with van der Waals surface area (Å²) in [5.74, 6) is 5.79. The van der Waals surface area contributed by atoms with Crippen molar-refractivity contribution in [2.24, 2.45) is 0 Å². The third-order valence-electron chi connectivity index (χ3n) is 4.57. The molecule has 0 amide bonds. The minimum Gasteiger partial charge on any atom is -0.367 e. The summed E-state index contributed by atoms with van der Waals surface area (Å²) in [6.07, 6.45) is 0.198. The average molecular weight is 506 g/mol. The van der Waals surface area contributed by atoms with Crippen molar-refractivity contribution in [1.29, 1.82) is 5.26 Å². The van der Waals surface area contributed by atoms with Crippen LogP contribution in [0, 0.1) is 23.2 Å². The van der Waals surface area contributed by atoms with Crippen molar-refractivity contribution >= 4 is 28.9 Å². The monoisotopic (exact) mass is 505 g/mol. The van der Waals surface area contributed by atoms with Crippen molar-refractivity contribution < 1.29 is 19.3 Å². The van der Waals surface area contributed by atoms with Gasteiger partial charge in [0.1, 0.15) is 6.61 Å². The first kappa shape index (κ1) is 27.9. The maximum absolute atomic E-state index is 9.12. The number of anilines is 1. The van der Waals surface area contributed by atoms with E-state index in [1.54, 1.807) is 18.2 Å². The van der Waals surface area contributed by atoms with Crippen LogP contribution in [0.25, 0.3) is 0 Å². The minimum atomic E-state index is -0.415. The van der Waals surface area contributed by atoms with Crippen LogP contribution in [0.1, 0.15) is 31.4 Å². The molecule has 2 aromatic carbocycles. The molecular formula is C25H29Cl2N3O4. The first-order valence-electron chi connectivity index (χ1n) is 11.0. The van der Waals surface area contributed by atoms with Gasteiger partial charge in [-0.15, -0.1) is 4.99 Å². The van der Waals surface area contributed by atoms with Gasteiger partial charge in [-0.25, -0.2) is 4.89 Å². The summed E-state index contributed by atoms with van der Waals surface area (Å²) in [6.45, 7) is 6.51. The van der Waals surface area contributed by atoms with E-state index in [1.807, 2.05) is 38.1 Å². The van der Waals surface area contributed by atoms with Crippen LogP contribution in [0.4, 0.5) is 5.69 Å². The highest BCUT2D eigenvalue weighted by Crippen LogP contribution is 2.25. The topological polar surface area (TPSA) is 76.0 Å². The zero-order chi connectivity index (χ0) is 24.6. The molecule has 0 saturated carbocycles. The van der Waals surface area contributed by atoms with Gasteiger partial charge in [0.15, 0.2) is 6.29 Å². The Morgan fingerprint density at radius 2 is 1.79 bits per heavy atom. The SMILES string of the molecule is CCOONCC#CCOC(CCN(Cc1ccc(Cl)c(Cl)c1)c1ccc(C#N)cc1)OCC. The first-order chi connectivity index (χ1) is 16.6. The maximum atomic E-state index is 9.12. The molecule has 7 nitrogen and oxygen atoms in total. The van der Waals surface area contributed by atoms with Gasteiger partial charge in [-0.05, 0) is 55.8 Å². The van der Waals surface area contributed by atoms with Gasteiger partial charge >= 0.3 is 0 Å². The van der Waals surface area contributed by atoms with Gasteiger partial charge in [0.25, 0.3) is 0 Å². The molecule has 9 heteroatoms. The van der Waals surface area contributed by atoms with Crippen LogP contribution in [-0.2, 0) is 25.9 Å². The molecule has 0 aromatic heterocycles. The number of nitrogens with one attached hydrogen (secondary N) is 1. The van der Waals surface area contributed by atoms with E-state index in [0.717, 1.165) is 11.3 Å². The Balaban J connectivity index is 2.00. The number of rotatable bonds is 14. The Morgan fingerprint density at radius 3 is 2.47 bits per heavy atom. The highest BCUT2D eigenvalue weighted by Gasteiger charge is 2.14. The zero-order valence-electron chi connectivity index (χ0n) is 19.4. The smallest absolute Gasteiger partial charge is 0.160 e. The second-order valence-electron chi connectivity index (χ2n) is 6.98. The summed E-state index contributed by atoms with van der Waals surface area (Å²) in [7, 11) is 0. The fourth-order valence-corrected chi connectivity index (χ4v) is 3.30. The molecule has 0 aliphatic carbocycles. The second kappa shape index (κ2) is 16.3. The predicted octanol–water partition coefficient (Wildman–Crippen LogP) is 5.12. The molecule has 2 rings (SSSR count). The Kier molecular flexibility index (Phi) is 13.4. The molecule has 0 aliphatic heterocycles. The third-order valence-corrected chi connectivity index (χ3v) is 5.31. The lowest BCUT2D eigenvalue weighted by molar-refractivity contribution is -0.331. The predicted molar refractivity (Wildman–Crippen MR) is 133 cm³/mol. The first-order valence-corrected chi connectivity index (χ1v) is 11.7. The molecule has 0 heterocycles. The number of hydroxylamine groups is 1. The fraction of sp³-hybridized carbons (Fsp3) is 0.400. The largest absolute Gasteiger partial charge is 0.367 e. The van der Waals surface area contributed by atoms with Crippen LogP contribution in [-0.4, -0.2) is 39.2 Å². The van der Waals surface area contributed by atoms with Gasteiger partial charge in [0, 0.05) is 31.8 Å². The lowest BCUT2D eigenvalue weighted by Gasteiger charge is -2.27. The fourth-order valence-electron chi connectivity index (χ4n) is 2.98. The van der Waals surface area contributed by atoms with Gasteiger partial charge in [0.2, 0.25) is 0 Å². The number of hydrogen-bond donors (Lipinski definition) is 1. The molecular weight excluding hydrogens is 477 g/mol. The molecule has 0 radical (unpaired) electrons. The lowest BCUT2D eigenvalue weighted by Crippen LogP contribution is -2.29. The van der Waals surface area contributed by atoms with Crippen molar-refractivity contribution in [3.63, 3.8) is 0 Å². The Hall–Kier alpha value is -2.33. The van der Waals surface area contributed by atoms with Gasteiger partial charge in [-0.3, -0.25) is 0 Å². The van der Waals surface area contributed by atoms with Crippen LogP contribution in [0.2, 0.25) is 10.0 Å². The Labute approximate surface area is 211 Å². The van der Waals surface area contributed by atoms with Crippen LogP contribution < -0.4 is 10.4 Å². The highest BCUT2D eigenvalue weighted by molar-refractivity contribution is 6.42. The number of ether oxygens (including phenoxy) is 2. The number of halogens is 2. The van der Waals surface area contributed by atoms with E-state index in [2.05, 4.69) is 33.3 Å². The van der Waals surface area contributed by atoms with Gasteiger partial charge in [-0.2, -0.15) is 10.7 Å². The zero-order valence-corrected chi connectivity index (χ0v) is 20.9. The van der Waals surface area contributed by atoms with Gasteiger partial charge in [-0.1, -0.05) is 41.1 Å². The maximum Gasteiger partial charge on any atom is 0.160 e. The van der Waals surface area contributed by atoms with E-state index in [9.17, 15) is 0 Å². The van der Waals surface area contributed by atoms with Crippen LogP contribution in [0.15, 0.2) is 42.5 Å². The van der Waals surface area contributed by atoms with E-state index in [0.29, 0.717) is 54.9 Å². The van der Waals surface area contributed by atoms with Crippen molar-refractivity contribution in [1.82, 2.24) is 5.48 Å². The molecule has 0 bridgehead atoms. The third kappa shape index (κ3) is 10.3. The van der Waals surface area contributed by atoms with Gasteiger partial charge in [0.05, 0.1) is 34.8 Å². The number of benzene rings is 2. The molecule has 0 aliphatic rings. The summed E-state index contributed by atoms with van der Waals surface area (Å²) in [6, 6.07) is 15.2. The molecule has 1 N–H and O–H groups in total. The van der Waals surface area contributed by atoms with E-state index >= 15 is 0 Å². The van der Waals surface area contributed by atoms with Crippen LogP contribution in [0.5, 0.6) is 0 Å². The molecule has 1 atom stereocenters. The van der Waals surface area contributed by atoms with Crippen molar-refractivity contribution in [3.05, 3.63) is 63.6 Å². The second-order valence-corrected chi connectivity index (χ2v) is 7.79. The summed E-state index contributed by atoms with van der Waals surface area (Å²) < 4.78 is 11.6. The summed E-state index contributed by atoms with van der Waals surface area (Å²) >= 11 is 12.3. The molecule has 0 spiro atoms. The van der Waals surface area contributed by atoms with E-state index in [4.69, 9.17) is 42.8 Å². The average Bonchev–Trinajstić information content (AvgIpc) is 2.85. The molecule has 34 heavy (non-hydrogen) atoms. The highest BCUT2D eigenvalue weighted by atomic mass is 35.5. The number of nitrogens with zero attached hydrogens (tertiary/aromatic N) is 2. The molecule has 1 unspecified atom stereocenters. The molecule has 2 aromatic rings. The standard InChI is InChI=1S/C25H29Cl2N3O4/c1-3-31-25(32-16-6-5-14-29-34-33-4-2)13-15-30(22-10-7-20(18-28)8-11-22)19-21-9-12-23(26)24(27)17-21/h7-12,17,25,29H,3-4,13-16,19H2,1-2H3. The van der Waals surface area contributed by atoms with Crippen molar-refractivity contribution in [2.75, 3.05) is 37.8 Å². The Bertz CT molecular complexity index is 971. The summed E-state index contributed by atoms with van der Waals surface area (Å²) in [5, 5.41) is 10.1. The molecule has 0 saturated heterocycles. The molecule has 0 fully saturated rings. The summed E-state index contributed by atoms with van der Waals surface area (Å²) in [4.78, 5) is 11.6. The number of hydrogen-bond acceptors (Lipinski definition) is 7. The van der Waals surface area contributed by atoms with Crippen LogP contribution >= 0.6 is 23.2 Å². The van der Waals surface area contributed by atoms with Crippen molar-refractivity contribution in [2.45, 2.75) is 33.1 Å². The summed E-state index contributed by atoms with van der Waals surface area (Å²) in [5.41, 5.74) is 5.16. The van der Waals surface area contributed by atoms with Gasteiger partial charge < -0.3 is 14.4 Å². The lowest BCUT2D eigenvalue weighted by atomic mass is 10.1. The number of nitriles is 1. The van der Waals surface area contributed by atoms with Crippen LogP contribution in [0.3, 0.4) is 0 Å². The van der Waals surface area contributed by atoms with Crippen molar-refractivity contribution in [3.8, 4) is 17.9 Å².